The molecule has 0 radical (unpaired) electrons. The van der Waals surface area contributed by atoms with E-state index in [1.54, 1.807) is 4.57 Å². The lowest BCUT2D eigenvalue weighted by molar-refractivity contribution is -0.124. The van der Waals surface area contributed by atoms with Gasteiger partial charge in [-0.05, 0) is 91.3 Å². The van der Waals surface area contributed by atoms with E-state index in [0.29, 0.717) is 70.4 Å². The van der Waals surface area contributed by atoms with E-state index in [9.17, 15) is 9.59 Å². The molecular formula is C40H44ClN7O2. The van der Waals surface area contributed by atoms with Gasteiger partial charge >= 0.3 is 0 Å². The van der Waals surface area contributed by atoms with Gasteiger partial charge in [-0.1, -0.05) is 62.7 Å². The molecule has 5 atom stereocenters. The van der Waals surface area contributed by atoms with E-state index in [4.69, 9.17) is 21.6 Å². The van der Waals surface area contributed by atoms with Crippen molar-refractivity contribution in [3.8, 4) is 11.4 Å². The number of aromatic amines is 1. The van der Waals surface area contributed by atoms with Crippen LogP contribution in [0.25, 0.3) is 33.2 Å². The van der Waals surface area contributed by atoms with E-state index in [0.717, 1.165) is 34.1 Å². The molecule has 1 saturated heterocycles. The van der Waals surface area contributed by atoms with Crippen LogP contribution >= 0.6 is 11.6 Å². The summed E-state index contributed by atoms with van der Waals surface area (Å²) in [5.41, 5.74) is 4.58. The van der Waals surface area contributed by atoms with Crippen LogP contribution in [0.4, 0.5) is 5.69 Å². The Bertz CT molecular complexity index is 2190. The fourth-order valence-electron chi connectivity index (χ4n) is 8.73. The lowest BCUT2D eigenvalue weighted by Crippen LogP contribution is -2.58. The minimum Gasteiger partial charge on any atom is -0.360 e. The van der Waals surface area contributed by atoms with Crippen LogP contribution in [0.3, 0.4) is 0 Å². The number of aromatic nitrogens is 3. The number of fused-ring (bicyclic) bond motifs is 4. The second kappa shape index (κ2) is 12.6. The average Bonchev–Trinajstić information content (AvgIpc) is 3.52. The quantitative estimate of drug-likeness (QED) is 0.130. The number of H-pyrrole nitrogens is 1. The van der Waals surface area contributed by atoms with Gasteiger partial charge in [0.15, 0.2) is 5.96 Å². The van der Waals surface area contributed by atoms with Gasteiger partial charge in [0.05, 0.1) is 23.5 Å². The number of hydrogen-bond acceptors (Lipinski definition) is 4. The minimum atomic E-state index is -0.0934. The molecule has 4 aliphatic rings. The highest BCUT2D eigenvalue weighted by Gasteiger charge is 2.56. The van der Waals surface area contributed by atoms with Crippen LogP contribution in [0.1, 0.15) is 46.1 Å². The van der Waals surface area contributed by atoms with E-state index in [2.05, 4.69) is 47.4 Å². The Morgan fingerprint density at radius 3 is 2.60 bits per heavy atom. The van der Waals surface area contributed by atoms with E-state index in [-0.39, 0.29) is 30.1 Å². The van der Waals surface area contributed by atoms with Gasteiger partial charge in [0.25, 0.3) is 5.56 Å². The first kappa shape index (κ1) is 32.6. The highest BCUT2D eigenvalue weighted by molar-refractivity contribution is 6.30. The number of anilines is 1. The number of carbonyl (C=O) groups excluding carboxylic acids is 1. The van der Waals surface area contributed by atoms with Crippen molar-refractivity contribution in [2.45, 2.75) is 65.6 Å². The summed E-state index contributed by atoms with van der Waals surface area (Å²) < 4.78 is 1.79. The van der Waals surface area contributed by atoms with Gasteiger partial charge in [0.2, 0.25) is 5.91 Å². The maximum absolute atomic E-state index is 14.3. The first-order chi connectivity index (χ1) is 24.0. The molecule has 3 aliphatic carbocycles. The monoisotopic (exact) mass is 689 g/mol. The van der Waals surface area contributed by atoms with Crippen LogP contribution in [0.5, 0.6) is 0 Å². The molecule has 2 bridgehead atoms. The summed E-state index contributed by atoms with van der Waals surface area (Å²) in [5.74, 6) is 3.06. The molecule has 3 N–H and O–H groups in total. The number of para-hydroxylation sites is 1. The number of hydrogen-bond donors (Lipinski definition) is 3. The zero-order valence-electron chi connectivity index (χ0n) is 29.0. The summed E-state index contributed by atoms with van der Waals surface area (Å²) in [4.78, 5) is 43.0. The number of aliphatic imine (C=N–C) groups is 1. The van der Waals surface area contributed by atoms with Gasteiger partial charge in [0, 0.05) is 52.5 Å². The fourth-order valence-corrected chi connectivity index (χ4v) is 8.85. The molecule has 4 fully saturated rings. The molecule has 9 nitrogen and oxygen atoms in total. The number of guanidine groups is 1. The number of carbonyl (C=O) groups is 1. The van der Waals surface area contributed by atoms with E-state index >= 15 is 0 Å². The highest BCUT2D eigenvalue weighted by Crippen LogP contribution is 2.61. The molecule has 1 amide bonds. The Morgan fingerprint density at radius 1 is 1.04 bits per heavy atom. The smallest absolute Gasteiger partial charge is 0.261 e. The van der Waals surface area contributed by atoms with Crippen LogP contribution in [-0.2, 0) is 17.8 Å². The van der Waals surface area contributed by atoms with Crippen molar-refractivity contribution in [2.75, 3.05) is 18.4 Å². The van der Waals surface area contributed by atoms with Crippen molar-refractivity contribution in [2.24, 2.45) is 28.2 Å². The molecule has 1 aliphatic heterocycles. The van der Waals surface area contributed by atoms with Crippen LogP contribution in [0, 0.1) is 23.2 Å². The molecular weight excluding hydrogens is 646 g/mol. The zero-order valence-corrected chi connectivity index (χ0v) is 29.8. The third-order valence-electron chi connectivity index (χ3n) is 11.7. The largest absolute Gasteiger partial charge is 0.360 e. The van der Waals surface area contributed by atoms with Gasteiger partial charge in [-0.2, -0.15) is 0 Å². The fraction of sp³-hybridized carbons (Fsp3) is 0.400. The Morgan fingerprint density at radius 2 is 1.84 bits per heavy atom. The SMILES string of the molecule is C[C@@H]1C(N=C(Nc2ccc3c(=O)n(CCc4ccc(Cl)cc4)c(-c4c[nH]c5ccccc45)nc3c2)N2CC(=O)N[C@@H](C)C2)C[C@H]2C[C@@H]1C2(C)C. The number of amides is 1. The van der Waals surface area contributed by atoms with Crippen LogP contribution in [0.15, 0.2) is 82.7 Å². The standard InChI is InChI=1S/C40H44ClN7O2/c1-23-21-47(22-36(49)43-23)39(46-34-18-26-17-32(24(34)2)40(26,3)4)44-28-13-14-30-35(19-28)45-37(31-20-42-33-8-6-5-7-29(31)33)48(38(30)50)16-15-25-9-11-27(41)12-10-25/h5-14,19-20,23-24,26,32,34,42H,15-18,21-22H2,1-4H3,(H,43,49)(H,44,46)/t23-,24-,26+,32-,34?/m0/s1. The van der Waals surface area contributed by atoms with E-state index in [1.165, 1.54) is 6.42 Å². The minimum absolute atomic E-state index is 0.00251. The Kier molecular flexibility index (Phi) is 8.21. The first-order valence-corrected chi connectivity index (χ1v) is 18.2. The van der Waals surface area contributed by atoms with Gasteiger partial charge in [0.1, 0.15) is 5.82 Å². The topological polar surface area (TPSA) is 107 Å². The molecule has 1 unspecified atom stereocenters. The number of nitrogens with one attached hydrogen (secondary N) is 3. The van der Waals surface area contributed by atoms with Gasteiger partial charge < -0.3 is 20.5 Å². The molecule has 9 rings (SSSR count). The molecule has 0 spiro atoms. The van der Waals surface area contributed by atoms with Gasteiger partial charge in [-0.3, -0.25) is 14.2 Å². The summed E-state index contributed by atoms with van der Waals surface area (Å²) in [6.07, 6.45) is 4.91. The van der Waals surface area contributed by atoms with Crippen LogP contribution in [0.2, 0.25) is 5.02 Å². The summed E-state index contributed by atoms with van der Waals surface area (Å²) in [7, 11) is 0. The molecule has 50 heavy (non-hydrogen) atoms. The normalized spacial score (nSPS) is 24.7. The molecule has 5 aromatic rings. The molecule has 3 aromatic carbocycles. The summed E-state index contributed by atoms with van der Waals surface area (Å²) in [5, 5.41) is 8.87. The lowest BCUT2D eigenvalue weighted by Gasteiger charge is -2.61. The molecule has 10 heteroatoms. The lowest BCUT2D eigenvalue weighted by atomic mass is 9.45. The van der Waals surface area contributed by atoms with E-state index in [1.807, 2.05) is 73.8 Å². The predicted molar refractivity (Wildman–Crippen MR) is 202 cm³/mol. The van der Waals surface area contributed by atoms with Crippen molar-refractivity contribution in [1.29, 1.82) is 0 Å². The summed E-state index contributed by atoms with van der Waals surface area (Å²) >= 11 is 6.14. The Labute approximate surface area is 297 Å². The Hall–Kier alpha value is -4.63. The number of piperazine rings is 1. The predicted octanol–water partition coefficient (Wildman–Crippen LogP) is 7.10. The third kappa shape index (κ3) is 5.85. The number of nitrogens with zero attached hydrogens (tertiary/aromatic N) is 4. The summed E-state index contributed by atoms with van der Waals surface area (Å²) in [6.45, 7) is 10.5. The van der Waals surface area contributed by atoms with Crippen molar-refractivity contribution in [3.63, 3.8) is 0 Å². The van der Waals surface area contributed by atoms with Gasteiger partial charge in [-0.25, -0.2) is 9.98 Å². The second-order valence-electron chi connectivity index (χ2n) is 15.2. The second-order valence-corrected chi connectivity index (χ2v) is 15.6. The van der Waals surface area contributed by atoms with Crippen LogP contribution < -0.4 is 16.2 Å². The Balaban J connectivity index is 1.18. The maximum Gasteiger partial charge on any atom is 0.261 e. The number of halogens is 1. The van der Waals surface area contributed by atoms with Crippen molar-refractivity contribution in [1.82, 2.24) is 24.8 Å². The molecule has 3 saturated carbocycles. The molecule has 3 heterocycles. The maximum atomic E-state index is 14.3. The van der Waals surface area contributed by atoms with E-state index < -0.39 is 0 Å². The third-order valence-corrected chi connectivity index (χ3v) is 12.0. The van der Waals surface area contributed by atoms with Gasteiger partial charge in [-0.15, -0.1) is 0 Å². The number of rotatable bonds is 6. The average molecular weight is 690 g/mol. The number of benzene rings is 3. The summed E-state index contributed by atoms with van der Waals surface area (Å²) in [6, 6.07) is 21.7. The van der Waals surface area contributed by atoms with Crippen molar-refractivity contribution in [3.05, 3.63) is 93.9 Å². The number of aryl methyl sites for hydroxylation is 1. The highest BCUT2D eigenvalue weighted by atomic mass is 35.5. The molecule has 2 aromatic heterocycles. The van der Waals surface area contributed by atoms with Crippen molar-refractivity contribution >= 4 is 51.0 Å². The molecule has 258 valence electrons. The van der Waals surface area contributed by atoms with Crippen LogP contribution in [-0.4, -0.2) is 56.5 Å². The van der Waals surface area contributed by atoms with Crippen molar-refractivity contribution < 1.29 is 4.79 Å². The zero-order chi connectivity index (χ0) is 34.7. The first-order valence-electron chi connectivity index (χ1n) is 17.8.